The molecule has 0 amide bonds. The fourth-order valence-corrected chi connectivity index (χ4v) is 3.15. The number of carboxylic acids is 2. The minimum Gasteiger partial charge on any atom is -0.481 e. The number of halogens is 2. The van der Waals surface area contributed by atoms with E-state index in [9.17, 15) is 18.4 Å². The van der Waals surface area contributed by atoms with E-state index < -0.39 is 29.6 Å². The number of rotatable bonds is 6. The second-order valence-electron chi connectivity index (χ2n) is 6.76. The lowest BCUT2D eigenvalue weighted by Gasteiger charge is -2.34. The first-order valence-electron chi connectivity index (χ1n) is 8.53. The molecule has 1 aliphatic rings. The highest BCUT2D eigenvalue weighted by Crippen LogP contribution is 2.38. The second-order valence-corrected chi connectivity index (χ2v) is 6.76. The summed E-state index contributed by atoms with van der Waals surface area (Å²) in [5.74, 6) is -3.38. The fraction of sp³-hybridized carbons (Fsp3) is 0.556. The van der Waals surface area contributed by atoms with Gasteiger partial charge in [-0.25, -0.2) is 8.78 Å². The summed E-state index contributed by atoms with van der Waals surface area (Å²) >= 11 is 0. The summed E-state index contributed by atoms with van der Waals surface area (Å²) in [4.78, 5) is 20.9. The molecule has 1 aromatic rings. The van der Waals surface area contributed by atoms with Gasteiger partial charge in [0.15, 0.2) is 0 Å². The Balaban J connectivity index is 0.000000263. The third kappa shape index (κ3) is 7.45. The Morgan fingerprint density at radius 1 is 1.08 bits per heavy atom. The average Bonchev–Trinajstić information content (AvgIpc) is 2.54. The number of hydrogen-bond acceptors (Lipinski definition) is 4. The topological polar surface area (TPSA) is 127 Å². The molecule has 0 radical (unpaired) electrons. The predicted molar refractivity (Wildman–Crippen MR) is 92.5 cm³/mol. The molecule has 146 valence electrons. The summed E-state index contributed by atoms with van der Waals surface area (Å²) in [6, 6.07) is 1.70. The zero-order chi connectivity index (χ0) is 19.7. The predicted octanol–water partition coefficient (Wildman–Crippen LogP) is 2.29. The molecule has 0 unspecified atom stereocenters. The highest BCUT2D eigenvalue weighted by Gasteiger charge is 2.32. The van der Waals surface area contributed by atoms with Crippen LogP contribution < -0.4 is 11.5 Å². The van der Waals surface area contributed by atoms with Gasteiger partial charge in [-0.15, -0.1) is 0 Å². The van der Waals surface area contributed by atoms with Crippen molar-refractivity contribution in [2.45, 2.75) is 51.0 Å². The maximum atomic E-state index is 12.7. The Kier molecular flexibility index (Phi) is 8.60. The molecular weight excluding hydrogens is 346 g/mol. The van der Waals surface area contributed by atoms with Gasteiger partial charge in [-0.1, -0.05) is 19.3 Å². The molecule has 0 spiro atoms. The van der Waals surface area contributed by atoms with E-state index >= 15 is 0 Å². The molecule has 0 bridgehead atoms. The Bertz CT molecular complexity index is 599. The summed E-state index contributed by atoms with van der Waals surface area (Å²) in [6.45, 7) is 0.527. The largest absolute Gasteiger partial charge is 0.481 e. The molecule has 6 nitrogen and oxygen atoms in total. The highest BCUT2D eigenvalue weighted by molar-refractivity contribution is 5.73. The molecule has 1 saturated carbocycles. The fourth-order valence-electron chi connectivity index (χ4n) is 3.15. The van der Waals surface area contributed by atoms with Crippen molar-refractivity contribution in [2.24, 2.45) is 16.9 Å². The van der Waals surface area contributed by atoms with E-state index in [1.165, 1.54) is 6.42 Å². The first-order valence-corrected chi connectivity index (χ1v) is 8.53. The van der Waals surface area contributed by atoms with Crippen LogP contribution in [0.2, 0.25) is 0 Å². The third-order valence-corrected chi connectivity index (χ3v) is 4.57. The van der Waals surface area contributed by atoms with E-state index in [2.05, 4.69) is 0 Å². The number of nitrogens with two attached hydrogens (primary N) is 2. The van der Waals surface area contributed by atoms with Gasteiger partial charge in [0.25, 0.3) is 0 Å². The first-order chi connectivity index (χ1) is 12.2. The summed E-state index contributed by atoms with van der Waals surface area (Å²) in [5.41, 5.74) is 11.0. The van der Waals surface area contributed by atoms with Crippen molar-refractivity contribution in [1.82, 2.24) is 0 Å². The summed E-state index contributed by atoms with van der Waals surface area (Å²) < 4.78 is 25.3. The highest BCUT2D eigenvalue weighted by atomic mass is 19.1. The molecule has 1 atom stereocenters. The smallest absolute Gasteiger partial charge is 0.320 e. The Labute approximate surface area is 151 Å². The van der Waals surface area contributed by atoms with Crippen molar-refractivity contribution in [3.8, 4) is 0 Å². The van der Waals surface area contributed by atoms with Gasteiger partial charge < -0.3 is 21.7 Å². The molecule has 0 aromatic heterocycles. The van der Waals surface area contributed by atoms with E-state index in [1.54, 1.807) is 0 Å². The standard InChI is InChI=1S/C9H9F2NO2.C9H17NO2/c10-6-1-5(2-7(11)4-6)3-8(12)9(13)14;10-7-9(6-8(11)12)4-2-1-3-5-9/h1-2,4,8H,3,12H2,(H,13,14);1-7,10H2,(H,11,12)/t8-;/m0./s1. The molecule has 8 heteroatoms. The lowest BCUT2D eigenvalue weighted by molar-refractivity contribution is -0.140. The molecular formula is C18H26F2N2O4. The zero-order valence-corrected chi connectivity index (χ0v) is 14.6. The zero-order valence-electron chi connectivity index (χ0n) is 14.6. The van der Waals surface area contributed by atoms with Crippen molar-refractivity contribution in [2.75, 3.05) is 6.54 Å². The monoisotopic (exact) mass is 372 g/mol. The Morgan fingerprint density at radius 3 is 2.04 bits per heavy atom. The summed E-state index contributed by atoms with van der Waals surface area (Å²) in [5, 5.41) is 17.2. The van der Waals surface area contributed by atoms with Crippen LogP contribution >= 0.6 is 0 Å². The minimum atomic E-state index is -1.20. The van der Waals surface area contributed by atoms with Gasteiger partial charge in [-0.2, -0.15) is 0 Å². The molecule has 0 aliphatic heterocycles. The molecule has 0 saturated heterocycles. The number of hydrogen-bond donors (Lipinski definition) is 4. The van der Waals surface area contributed by atoms with Gasteiger partial charge in [-0.05, 0) is 48.9 Å². The average molecular weight is 372 g/mol. The van der Waals surface area contributed by atoms with Crippen LogP contribution in [0.5, 0.6) is 0 Å². The van der Waals surface area contributed by atoms with Crippen LogP contribution in [0.3, 0.4) is 0 Å². The van der Waals surface area contributed by atoms with Crippen molar-refractivity contribution in [1.29, 1.82) is 0 Å². The maximum absolute atomic E-state index is 12.7. The van der Waals surface area contributed by atoms with E-state index in [4.69, 9.17) is 21.7 Å². The quantitative estimate of drug-likeness (QED) is 0.607. The van der Waals surface area contributed by atoms with Crippen molar-refractivity contribution < 1.29 is 28.6 Å². The summed E-state index contributed by atoms with van der Waals surface area (Å²) in [6.07, 6.45) is 5.68. The van der Waals surface area contributed by atoms with Gasteiger partial charge in [0.05, 0.1) is 6.42 Å². The summed E-state index contributed by atoms with van der Waals surface area (Å²) in [7, 11) is 0. The number of aliphatic carboxylic acids is 2. The lowest BCUT2D eigenvalue weighted by Crippen LogP contribution is -2.34. The van der Waals surface area contributed by atoms with Crippen LogP contribution in [0, 0.1) is 17.0 Å². The molecule has 26 heavy (non-hydrogen) atoms. The van der Waals surface area contributed by atoms with E-state index in [1.807, 2.05) is 0 Å². The molecule has 1 aromatic carbocycles. The second kappa shape index (κ2) is 10.2. The first kappa shape index (κ1) is 22.0. The maximum Gasteiger partial charge on any atom is 0.320 e. The van der Waals surface area contributed by atoms with Crippen LogP contribution in [-0.4, -0.2) is 34.7 Å². The normalized spacial score (nSPS) is 16.9. The van der Waals surface area contributed by atoms with Gasteiger partial charge in [0.2, 0.25) is 0 Å². The van der Waals surface area contributed by atoms with E-state index in [-0.39, 0.29) is 23.8 Å². The van der Waals surface area contributed by atoms with Crippen molar-refractivity contribution in [3.05, 3.63) is 35.4 Å². The third-order valence-electron chi connectivity index (χ3n) is 4.57. The van der Waals surface area contributed by atoms with Crippen LogP contribution in [0.4, 0.5) is 8.78 Å². The van der Waals surface area contributed by atoms with Gasteiger partial charge >= 0.3 is 11.9 Å². The van der Waals surface area contributed by atoms with E-state index in [0.717, 1.165) is 43.9 Å². The number of benzene rings is 1. The van der Waals surface area contributed by atoms with Gasteiger partial charge in [0, 0.05) is 6.07 Å². The number of carbonyl (C=O) groups is 2. The van der Waals surface area contributed by atoms with Crippen LogP contribution in [-0.2, 0) is 16.0 Å². The van der Waals surface area contributed by atoms with Crippen LogP contribution in [0.15, 0.2) is 18.2 Å². The Hall–Kier alpha value is -2.06. The molecule has 1 fully saturated rings. The lowest BCUT2D eigenvalue weighted by atomic mass is 9.72. The number of carboxylic acid groups (broad SMARTS) is 2. The molecule has 0 heterocycles. The van der Waals surface area contributed by atoms with Crippen molar-refractivity contribution >= 4 is 11.9 Å². The van der Waals surface area contributed by atoms with Crippen molar-refractivity contribution in [3.63, 3.8) is 0 Å². The van der Waals surface area contributed by atoms with Gasteiger partial charge in [0.1, 0.15) is 17.7 Å². The SMILES string of the molecule is NCC1(CC(=O)O)CCCCC1.N[C@@H](Cc1cc(F)cc(F)c1)C(=O)O. The van der Waals surface area contributed by atoms with E-state index in [0.29, 0.717) is 6.54 Å². The molecule has 2 rings (SSSR count). The van der Waals surface area contributed by atoms with Crippen LogP contribution in [0.1, 0.15) is 44.1 Å². The van der Waals surface area contributed by atoms with Gasteiger partial charge in [-0.3, -0.25) is 9.59 Å². The minimum absolute atomic E-state index is 0.0793. The molecule has 1 aliphatic carbocycles. The van der Waals surface area contributed by atoms with Crippen LogP contribution in [0.25, 0.3) is 0 Å². The Morgan fingerprint density at radius 2 is 1.62 bits per heavy atom. The molecule has 6 N–H and O–H groups in total.